The van der Waals surface area contributed by atoms with Crippen molar-refractivity contribution in [3.8, 4) is 0 Å². The molecular weight excluding hydrogens is 289 g/mol. The molecule has 0 radical (unpaired) electrons. The predicted molar refractivity (Wildman–Crippen MR) is 88.9 cm³/mol. The van der Waals surface area contributed by atoms with Crippen LogP contribution in [0.5, 0.6) is 0 Å². The lowest BCUT2D eigenvalue weighted by Crippen LogP contribution is -2.49. The van der Waals surface area contributed by atoms with Crippen LogP contribution in [0.15, 0.2) is 18.2 Å². The third kappa shape index (κ3) is 3.32. The summed E-state index contributed by atoms with van der Waals surface area (Å²) in [6.45, 7) is 8.76. The molecule has 1 aromatic rings. The van der Waals surface area contributed by atoms with Crippen LogP contribution in [0, 0.1) is 11.8 Å². The summed E-state index contributed by atoms with van der Waals surface area (Å²) in [6.07, 6.45) is 3.63. The number of hydrogen-bond acceptors (Lipinski definition) is 1. The van der Waals surface area contributed by atoms with Crippen LogP contribution >= 0.6 is 23.2 Å². The molecule has 3 heteroatoms. The van der Waals surface area contributed by atoms with Gasteiger partial charge in [0.05, 0.1) is 0 Å². The van der Waals surface area contributed by atoms with E-state index in [1.165, 1.54) is 19.3 Å². The van der Waals surface area contributed by atoms with Crippen LogP contribution in [0.25, 0.3) is 0 Å². The van der Waals surface area contributed by atoms with Gasteiger partial charge in [-0.1, -0.05) is 56.5 Å². The Balaban J connectivity index is 2.20. The fraction of sp³-hybridized carbons (Fsp3) is 0.647. The largest absolute Gasteiger partial charge is 0.316 e. The topological polar surface area (TPSA) is 12.0 Å². The molecule has 1 nitrogen and oxygen atoms in total. The van der Waals surface area contributed by atoms with Gasteiger partial charge >= 0.3 is 0 Å². The molecule has 0 bridgehead atoms. The number of nitrogens with one attached hydrogen (secondary N) is 1. The predicted octanol–water partition coefficient (Wildman–Crippen LogP) is 5.30. The first-order valence-corrected chi connectivity index (χ1v) is 8.39. The lowest BCUT2D eigenvalue weighted by atomic mass is 9.57. The highest BCUT2D eigenvalue weighted by Gasteiger charge is 2.46. The van der Waals surface area contributed by atoms with E-state index in [9.17, 15) is 0 Å². The molecule has 0 aromatic heterocycles. The molecule has 1 aliphatic carbocycles. The van der Waals surface area contributed by atoms with Crippen molar-refractivity contribution in [1.82, 2.24) is 5.32 Å². The molecule has 1 fully saturated rings. The Morgan fingerprint density at radius 1 is 1.25 bits per heavy atom. The van der Waals surface area contributed by atoms with Gasteiger partial charge in [0.1, 0.15) is 0 Å². The van der Waals surface area contributed by atoms with Crippen LogP contribution in [-0.4, -0.2) is 13.1 Å². The quantitative estimate of drug-likeness (QED) is 0.751. The second kappa shape index (κ2) is 6.68. The fourth-order valence-corrected chi connectivity index (χ4v) is 4.17. The number of rotatable bonds is 6. The fourth-order valence-electron chi connectivity index (χ4n) is 3.38. The third-order valence-electron chi connectivity index (χ3n) is 4.45. The van der Waals surface area contributed by atoms with Gasteiger partial charge in [-0.3, -0.25) is 0 Å². The molecule has 0 heterocycles. The van der Waals surface area contributed by atoms with Gasteiger partial charge in [0, 0.05) is 22.0 Å². The number of hydrogen-bond donors (Lipinski definition) is 1. The summed E-state index contributed by atoms with van der Waals surface area (Å²) in [5.41, 5.74) is 1.29. The molecule has 0 aliphatic heterocycles. The average Bonchev–Trinajstić information content (AvgIpc) is 2.33. The summed E-state index contributed by atoms with van der Waals surface area (Å²) in [5, 5.41) is 5.24. The van der Waals surface area contributed by atoms with E-state index in [2.05, 4.69) is 26.1 Å². The highest BCUT2D eigenvalue weighted by molar-refractivity contribution is 6.36. The Kier molecular flexibility index (Phi) is 5.39. The van der Waals surface area contributed by atoms with E-state index in [1.54, 1.807) is 0 Å². The molecule has 112 valence electrons. The van der Waals surface area contributed by atoms with Gasteiger partial charge in [0.15, 0.2) is 0 Å². The Labute approximate surface area is 133 Å². The second-order valence-corrected chi connectivity index (χ2v) is 7.40. The summed E-state index contributed by atoms with van der Waals surface area (Å²) >= 11 is 12.9. The zero-order valence-corrected chi connectivity index (χ0v) is 14.2. The standard InChI is InChI=1S/C17H25Cl2N/c1-4-13-8-17(9-13,11-20-10-12(2)3)16-14(18)6-5-7-15(16)19/h5-7,12-13,20H,4,8-11H2,1-3H3. The summed E-state index contributed by atoms with van der Waals surface area (Å²) < 4.78 is 0. The lowest BCUT2D eigenvalue weighted by Gasteiger charge is -2.49. The lowest BCUT2D eigenvalue weighted by molar-refractivity contribution is 0.133. The molecule has 0 amide bonds. The molecule has 0 atom stereocenters. The first-order valence-electron chi connectivity index (χ1n) is 7.63. The van der Waals surface area contributed by atoms with Crippen molar-refractivity contribution in [2.45, 2.75) is 45.4 Å². The Morgan fingerprint density at radius 2 is 1.85 bits per heavy atom. The van der Waals surface area contributed by atoms with E-state index in [-0.39, 0.29) is 5.41 Å². The van der Waals surface area contributed by atoms with Crippen molar-refractivity contribution >= 4 is 23.2 Å². The van der Waals surface area contributed by atoms with Crippen molar-refractivity contribution in [3.05, 3.63) is 33.8 Å². The first kappa shape index (κ1) is 16.1. The van der Waals surface area contributed by atoms with Crippen LogP contribution in [0.2, 0.25) is 10.0 Å². The molecule has 1 aromatic carbocycles. The van der Waals surface area contributed by atoms with Gasteiger partial charge < -0.3 is 5.32 Å². The van der Waals surface area contributed by atoms with Gasteiger partial charge in [-0.15, -0.1) is 0 Å². The molecule has 1 saturated carbocycles. The molecule has 0 spiro atoms. The first-order chi connectivity index (χ1) is 9.48. The van der Waals surface area contributed by atoms with Crippen LogP contribution < -0.4 is 5.32 Å². The molecule has 2 rings (SSSR count). The molecule has 0 unspecified atom stereocenters. The van der Waals surface area contributed by atoms with Crippen LogP contribution in [0.4, 0.5) is 0 Å². The number of benzene rings is 1. The van der Waals surface area contributed by atoms with E-state index in [0.717, 1.165) is 34.6 Å². The van der Waals surface area contributed by atoms with Crippen molar-refractivity contribution in [3.63, 3.8) is 0 Å². The zero-order chi connectivity index (χ0) is 14.8. The van der Waals surface area contributed by atoms with Crippen LogP contribution in [-0.2, 0) is 5.41 Å². The highest BCUT2D eigenvalue weighted by Crippen LogP contribution is 2.52. The zero-order valence-electron chi connectivity index (χ0n) is 12.7. The normalized spacial score (nSPS) is 25.8. The van der Waals surface area contributed by atoms with Crippen molar-refractivity contribution in [2.24, 2.45) is 11.8 Å². The van der Waals surface area contributed by atoms with Gasteiger partial charge in [-0.25, -0.2) is 0 Å². The average molecular weight is 314 g/mol. The smallest absolute Gasteiger partial charge is 0.0459 e. The van der Waals surface area contributed by atoms with E-state index in [1.807, 2.05) is 18.2 Å². The minimum Gasteiger partial charge on any atom is -0.316 e. The van der Waals surface area contributed by atoms with Gasteiger partial charge in [0.2, 0.25) is 0 Å². The molecule has 1 N–H and O–H groups in total. The van der Waals surface area contributed by atoms with Gasteiger partial charge in [0.25, 0.3) is 0 Å². The minimum atomic E-state index is 0.130. The van der Waals surface area contributed by atoms with E-state index in [0.29, 0.717) is 5.92 Å². The van der Waals surface area contributed by atoms with Crippen LogP contribution in [0.1, 0.15) is 45.6 Å². The van der Waals surface area contributed by atoms with E-state index in [4.69, 9.17) is 23.2 Å². The van der Waals surface area contributed by atoms with Crippen LogP contribution in [0.3, 0.4) is 0 Å². The summed E-state index contributed by atoms with van der Waals surface area (Å²) in [7, 11) is 0. The summed E-state index contributed by atoms with van der Waals surface area (Å²) in [6, 6.07) is 5.86. The summed E-state index contributed by atoms with van der Waals surface area (Å²) in [4.78, 5) is 0. The molecule has 0 saturated heterocycles. The minimum absolute atomic E-state index is 0.130. The Bertz CT molecular complexity index is 430. The van der Waals surface area contributed by atoms with Crippen molar-refractivity contribution < 1.29 is 0 Å². The van der Waals surface area contributed by atoms with E-state index < -0.39 is 0 Å². The van der Waals surface area contributed by atoms with E-state index >= 15 is 0 Å². The second-order valence-electron chi connectivity index (χ2n) is 6.58. The molecule has 20 heavy (non-hydrogen) atoms. The maximum Gasteiger partial charge on any atom is 0.0459 e. The van der Waals surface area contributed by atoms with Crippen molar-refractivity contribution in [1.29, 1.82) is 0 Å². The maximum atomic E-state index is 6.45. The Hall–Kier alpha value is -0.240. The number of halogens is 2. The SMILES string of the molecule is CCC1CC(CNCC(C)C)(c2c(Cl)cccc2Cl)C1. The van der Waals surface area contributed by atoms with Gasteiger partial charge in [-0.2, -0.15) is 0 Å². The monoisotopic (exact) mass is 313 g/mol. The molecular formula is C17H25Cl2N. The highest BCUT2D eigenvalue weighted by atomic mass is 35.5. The maximum absolute atomic E-state index is 6.45. The third-order valence-corrected chi connectivity index (χ3v) is 5.08. The Morgan fingerprint density at radius 3 is 2.35 bits per heavy atom. The van der Waals surface area contributed by atoms with Crippen molar-refractivity contribution in [2.75, 3.05) is 13.1 Å². The van der Waals surface area contributed by atoms with Gasteiger partial charge in [-0.05, 0) is 48.9 Å². The summed E-state index contributed by atoms with van der Waals surface area (Å²) in [5.74, 6) is 1.47. The molecule has 1 aliphatic rings.